The average Bonchev–Trinajstić information content (AvgIpc) is 2.58. The van der Waals surface area contributed by atoms with Crippen LogP contribution in [0.1, 0.15) is 69.8 Å². The molecule has 124 valence electrons. The van der Waals surface area contributed by atoms with Gasteiger partial charge >= 0.3 is 0 Å². The van der Waals surface area contributed by atoms with Gasteiger partial charge in [-0.2, -0.15) is 5.26 Å². The van der Waals surface area contributed by atoms with Crippen molar-refractivity contribution in [3.8, 4) is 6.07 Å². The molecule has 1 atom stereocenters. The molecular weight excluding hydrogens is 284 g/mol. The fraction of sp³-hybridized carbons (Fsp3) is 0.600. The second-order valence-electron chi connectivity index (χ2n) is 6.46. The average molecular weight is 312 g/mol. The maximum absolute atomic E-state index is 9.37. The van der Waals surface area contributed by atoms with Crippen LogP contribution in [-0.2, 0) is 11.4 Å². The van der Waals surface area contributed by atoms with Crippen LogP contribution in [-0.4, -0.2) is 5.71 Å². The van der Waals surface area contributed by atoms with Crippen LogP contribution in [0, 0.1) is 17.2 Å². The van der Waals surface area contributed by atoms with Gasteiger partial charge in [-0.05, 0) is 24.8 Å². The van der Waals surface area contributed by atoms with Crippen molar-refractivity contribution in [3.63, 3.8) is 0 Å². The van der Waals surface area contributed by atoms with Crippen LogP contribution in [0.3, 0.4) is 0 Å². The zero-order chi connectivity index (χ0) is 16.2. The van der Waals surface area contributed by atoms with E-state index in [4.69, 9.17) is 4.84 Å². The van der Waals surface area contributed by atoms with Crippen LogP contribution in [0.4, 0.5) is 0 Å². The maximum Gasteiger partial charge on any atom is 0.142 e. The van der Waals surface area contributed by atoms with Crippen LogP contribution in [0.15, 0.2) is 35.5 Å². The Morgan fingerprint density at radius 2 is 1.70 bits per heavy atom. The summed E-state index contributed by atoms with van der Waals surface area (Å²) in [5, 5.41) is 13.7. The first-order valence-corrected chi connectivity index (χ1v) is 8.99. The molecular formula is C20H28N2O. The Hall–Kier alpha value is -1.82. The molecule has 1 aromatic rings. The molecule has 0 saturated heterocycles. The van der Waals surface area contributed by atoms with Gasteiger partial charge in [0.1, 0.15) is 6.61 Å². The Balaban J connectivity index is 1.90. The minimum Gasteiger partial charge on any atom is -0.391 e. The molecule has 0 amide bonds. The highest BCUT2D eigenvalue weighted by atomic mass is 16.6. The highest BCUT2D eigenvalue weighted by Gasteiger charge is 2.13. The minimum atomic E-state index is 0.0912. The number of hydrogen-bond acceptors (Lipinski definition) is 3. The van der Waals surface area contributed by atoms with Crippen LogP contribution < -0.4 is 0 Å². The van der Waals surface area contributed by atoms with E-state index in [-0.39, 0.29) is 5.92 Å². The molecule has 3 heteroatoms. The Bertz CT molecular complexity index is 504. The molecule has 0 heterocycles. The van der Waals surface area contributed by atoms with E-state index in [2.05, 4.69) is 11.2 Å². The second kappa shape index (κ2) is 10.8. The van der Waals surface area contributed by atoms with Crippen LogP contribution in [0.2, 0.25) is 0 Å². The SMILES string of the molecule is N#CC1CCCCCCCCCC(=NOCc2ccccc2)C1. The first kappa shape index (κ1) is 17.5. The third-order valence-corrected chi connectivity index (χ3v) is 4.45. The highest BCUT2D eigenvalue weighted by molar-refractivity contribution is 5.84. The summed E-state index contributed by atoms with van der Waals surface area (Å²) in [6, 6.07) is 12.6. The molecule has 1 saturated carbocycles. The lowest BCUT2D eigenvalue weighted by Gasteiger charge is -2.13. The first-order valence-electron chi connectivity index (χ1n) is 8.99. The fourth-order valence-corrected chi connectivity index (χ4v) is 3.06. The molecule has 1 fully saturated rings. The van der Waals surface area contributed by atoms with E-state index in [1.807, 2.05) is 30.3 Å². The molecule has 23 heavy (non-hydrogen) atoms. The predicted molar refractivity (Wildman–Crippen MR) is 93.9 cm³/mol. The summed E-state index contributed by atoms with van der Waals surface area (Å²) in [5.74, 6) is 0.0912. The zero-order valence-electron chi connectivity index (χ0n) is 14.0. The smallest absolute Gasteiger partial charge is 0.142 e. The number of oxime groups is 1. The molecule has 0 aliphatic heterocycles. The Morgan fingerprint density at radius 1 is 1.00 bits per heavy atom. The minimum absolute atomic E-state index is 0.0912. The largest absolute Gasteiger partial charge is 0.391 e. The van der Waals surface area contributed by atoms with Gasteiger partial charge in [-0.15, -0.1) is 0 Å². The molecule has 2 rings (SSSR count). The van der Waals surface area contributed by atoms with E-state index < -0.39 is 0 Å². The van der Waals surface area contributed by atoms with E-state index in [1.54, 1.807) is 0 Å². The highest BCUT2D eigenvalue weighted by Crippen LogP contribution is 2.20. The van der Waals surface area contributed by atoms with Crippen molar-refractivity contribution in [1.29, 1.82) is 5.26 Å². The number of benzene rings is 1. The molecule has 0 aromatic heterocycles. The monoisotopic (exact) mass is 312 g/mol. The third kappa shape index (κ3) is 7.32. The van der Waals surface area contributed by atoms with Gasteiger partial charge < -0.3 is 4.84 Å². The lowest BCUT2D eigenvalue weighted by Crippen LogP contribution is -2.09. The standard InChI is InChI=1S/C20H28N2O/c21-16-19-13-7-4-2-1-3-5-10-14-20(15-19)22-23-17-18-11-8-6-9-12-18/h6,8-9,11-12,19H,1-5,7,10,13-15,17H2. The topological polar surface area (TPSA) is 45.4 Å². The summed E-state index contributed by atoms with van der Waals surface area (Å²) in [4.78, 5) is 5.55. The van der Waals surface area contributed by atoms with Gasteiger partial charge in [0.2, 0.25) is 0 Å². The second-order valence-corrected chi connectivity index (χ2v) is 6.46. The summed E-state index contributed by atoms with van der Waals surface area (Å²) in [7, 11) is 0. The summed E-state index contributed by atoms with van der Waals surface area (Å²) in [5.41, 5.74) is 2.19. The van der Waals surface area contributed by atoms with Gasteiger partial charge in [-0.25, -0.2) is 0 Å². The molecule has 0 bridgehead atoms. The van der Waals surface area contributed by atoms with E-state index in [9.17, 15) is 5.26 Å². The van der Waals surface area contributed by atoms with Crippen LogP contribution in [0.25, 0.3) is 0 Å². The van der Waals surface area contributed by atoms with Gasteiger partial charge in [0, 0.05) is 6.42 Å². The van der Waals surface area contributed by atoms with E-state index >= 15 is 0 Å². The normalized spacial score (nSPS) is 22.6. The van der Waals surface area contributed by atoms with Crippen LogP contribution in [0.5, 0.6) is 0 Å². The summed E-state index contributed by atoms with van der Waals surface area (Å²) in [6.07, 6.45) is 11.5. The predicted octanol–water partition coefficient (Wildman–Crippen LogP) is 5.61. The van der Waals surface area contributed by atoms with Gasteiger partial charge in [0.25, 0.3) is 0 Å². The van der Waals surface area contributed by atoms with Gasteiger partial charge in [-0.3, -0.25) is 0 Å². The van der Waals surface area contributed by atoms with Crippen molar-refractivity contribution in [2.24, 2.45) is 11.1 Å². The number of hydrogen-bond donors (Lipinski definition) is 0. The molecule has 0 N–H and O–H groups in total. The van der Waals surface area contributed by atoms with Gasteiger partial charge in [-0.1, -0.05) is 74.0 Å². The van der Waals surface area contributed by atoms with Crippen molar-refractivity contribution >= 4 is 5.71 Å². The molecule has 0 radical (unpaired) electrons. The first-order chi connectivity index (χ1) is 11.4. The Labute approximate surface area is 140 Å². The van der Waals surface area contributed by atoms with Crippen molar-refractivity contribution in [1.82, 2.24) is 0 Å². The molecule has 1 aliphatic rings. The summed E-state index contributed by atoms with van der Waals surface area (Å²) in [6.45, 7) is 0.502. The van der Waals surface area contributed by atoms with Crippen molar-refractivity contribution < 1.29 is 4.84 Å². The number of nitrogens with zero attached hydrogens (tertiary/aromatic N) is 2. The number of nitriles is 1. The van der Waals surface area contributed by atoms with Gasteiger partial charge in [0.15, 0.2) is 0 Å². The molecule has 1 unspecified atom stereocenters. The quantitative estimate of drug-likeness (QED) is 0.680. The molecule has 0 spiro atoms. The Morgan fingerprint density at radius 3 is 2.43 bits per heavy atom. The van der Waals surface area contributed by atoms with E-state index in [1.165, 1.54) is 32.1 Å². The lowest BCUT2D eigenvalue weighted by molar-refractivity contribution is 0.129. The van der Waals surface area contributed by atoms with Crippen molar-refractivity contribution in [2.75, 3.05) is 0 Å². The molecule has 3 nitrogen and oxygen atoms in total. The third-order valence-electron chi connectivity index (χ3n) is 4.45. The number of rotatable bonds is 3. The molecule has 1 aromatic carbocycles. The van der Waals surface area contributed by atoms with Gasteiger partial charge in [0.05, 0.1) is 17.7 Å². The van der Waals surface area contributed by atoms with Crippen molar-refractivity contribution in [2.45, 2.75) is 70.8 Å². The van der Waals surface area contributed by atoms with Crippen molar-refractivity contribution in [3.05, 3.63) is 35.9 Å². The maximum atomic E-state index is 9.37. The summed E-state index contributed by atoms with van der Waals surface area (Å²) >= 11 is 0. The van der Waals surface area contributed by atoms with E-state index in [0.717, 1.165) is 43.4 Å². The summed E-state index contributed by atoms with van der Waals surface area (Å²) < 4.78 is 0. The Kier molecular flexibility index (Phi) is 8.26. The lowest BCUT2D eigenvalue weighted by atomic mass is 9.93. The molecule has 1 aliphatic carbocycles. The fourth-order valence-electron chi connectivity index (χ4n) is 3.06. The zero-order valence-corrected chi connectivity index (χ0v) is 14.0. The van der Waals surface area contributed by atoms with E-state index in [0.29, 0.717) is 6.61 Å². The van der Waals surface area contributed by atoms with Crippen LogP contribution >= 0.6 is 0 Å².